The molecule has 4 aromatic rings. The molecular weight excluding hydrogens is 428 g/mol. The summed E-state index contributed by atoms with van der Waals surface area (Å²) in [5.74, 6) is 0.258. The third-order valence-electron chi connectivity index (χ3n) is 6.31. The molecule has 2 atom stereocenters. The second kappa shape index (κ2) is 8.71. The fourth-order valence-electron chi connectivity index (χ4n) is 4.81. The molecule has 166 valence electrons. The van der Waals surface area contributed by atoms with Gasteiger partial charge in [0.25, 0.3) is 0 Å². The first kappa shape index (κ1) is 21.2. The van der Waals surface area contributed by atoms with Crippen LogP contribution in [0.1, 0.15) is 40.3 Å². The van der Waals surface area contributed by atoms with Crippen LogP contribution in [-0.2, 0) is 6.54 Å². The SMILES string of the molecule is Cc1cc([C@@H]2[C@H](c3ccccn3)NC(=S)N2Cc2ccccc2)c(C)n1-c1ccccc1O. The number of phenols is 1. The van der Waals surface area contributed by atoms with Crippen molar-refractivity contribution in [3.63, 3.8) is 0 Å². The summed E-state index contributed by atoms with van der Waals surface area (Å²) in [6.45, 7) is 4.87. The molecule has 0 bridgehead atoms. The number of hydrogen-bond donors (Lipinski definition) is 2. The summed E-state index contributed by atoms with van der Waals surface area (Å²) in [6.07, 6.45) is 1.82. The first-order valence-electron chi connectivity index (χ1n) is 11.0. The van der Waals surface area contributed by atoms with Gasteiger partial charge in [0.15, 0.2) is 5.11 Å². The van der Waals surface area contributed by atoms with Crippen LogP contribution in [0.5, 0.6) is 5.75 Å². The Morgan fingerprint density at radius 2 is 1.70 bits per heavy atom. The Hall–Kier alpha value is -3.64. The molecule has 5 nitrogen and oxygen atoms in total. The summed E-state index contributed by atoms with van der Waals surface area (Å²) in [6, 6.07) is 25.9. The Balaban J connectivity index is 1.63. The standard InChI is InChI=1S/C27H26N4OS/c1-18-16-21(19(2)31(18)23-13-6-7-14-24(23)32)26-25(22-12-8-9-15-28-22)29-27(33)30(26)17-20-10-4-3-5-11-20/h3-16,25-26,32H,17H2,1-2H3,(H,29,33)/t25-,26+/m0/s1. The van der Waals surface area contributed by atoms with Crippen molar-refractivity contribution in [1.82, 2.24) is 19.8 Å². The molecule has 5 rings (SSSR count). The van der Waals surface area contributed by atoms with Crippen molar-refractivity contribution in [3.05, 3.63) is 113 Å². The number of nitrogens with zero attached hydrogens (tertiary/aromatic N) is 3. The predicted octanol–water partition coefficient (Wildman–Crippen LogP) is 5.37. The number of hydrogen-bond acceptors (Lipinski definition) is 3. The Morgan fingerprint density at radius 1 is 0.970 bits per heavy atom. The topological polar surface area (TPSA) is 53.3 Å². The lowest BCUT2D eigenvalue weighted by Crippen LogP contribution is -2.29. The maximum atomic E-state index is 10.5. The molecule has 6 heteroatoms. The monoisotopic (exact) mass is 454 g/mol. The number of pyridine rings is 1. The highest BCUT2D eigenvalue weighted by atomic mass is 32.1. The number of thiocarbonyl (C=S) groups is 1. The maximum Gasteiger partial charge on any atom is 0.170 e. The molecule has 1 aliphatic heterocycles. The molecular formula is C27H26N4OS. The highest BCUT2D eigenvalue weighted by molar-refractivity contribution is 7.80. The minimum atomic E-state index is -0.0827. The Kier molecular flexibility index (Phi) is 5.60. The van der Waals surface area contributed by atoms with Crippen LogP contribution in [0.25, 0.3) is 5.69 Å². The number of aryl methyl sites for hydroxylation is 1. The maximum absolute atomic E-state index is 10.5. The van der Waals surface area contributed by atoms with Crippen molar-refractivity contribution in [2.45, 2.75) is 32.5 Å². The first-order valence-corrected chi connectivity index (χ1v) is 11.4. The van der Waals surface area contributed by atoms with E-state index in [1.54, 1.807) is 6.07 Å². The van der Waals surface area contributed by atoms with Gasteiger partial charge in [-0.2, -0.15) is 0 Å². The van der Waals surface area contributed by atoms with E-state index in [1.165, 1.54) is 5.56 Å². The second-order valence-corrected chi connectivity index (χ2v) is 8.78. The van der Waals surface area contributed by atoms with Crippen LogP contribution in [-0.4, -0.2) is 24.7 Å². The Labute approximate surface area is 199 Å². The smallest absolute Gasteiger partial charge is 0.170 e. The minimum Gasteiger partial charge on any atom is -0.506 e. The van der Waals surface area contributed by atoms with Gasteiger partial charge in [-0.05, 0) is 67.5 Å². The summed E-state index contributed by atoms with van der Waals surface area (Å²) < 4.78 is 2.11. The summed E-state index contributed by atoms with van der Waals surface area (Å²) in [5.41, 5.74) is 6.22. The lowest BCUT2D eigenvalue weighted by molar-refractivity contribution is 0.310. The highest BCUT2D eigenvalue weighted by Gasteiger charge is 2.41. The Bertz CT molecular complexity index is 1290. The zero-order valence-corrected chi connectivity index (χ0v) is 19.5. The van der Waals surface area contributed by atoms with Gasteiger partial charge < -0.3 is 19.9 Å². The summed E-state index contributed by atoms with van der Waals surface area (Å²) in [7, 11) is 0. The Morgan fingerprint density at radius 3 is 2.42 bits per heavy atom. The van der Waals surface area contributed by atoms with Gasteiger partial charge in [-0.15, -0.1) is 0 Å². The van der Waals surface area contributed by atoms with Crippen LogP contribution in [0.4, 0.5) is 0 Å². The fourth-order valence-corrected chi connectivity index (χ4v) is 5.11. The van der Waals surface area contributed by atoms with E-state index >= 15 is 0 Å². The fraction of sp³-hybridized carbons (Fsp3) is 0.185. The van der Waals surface area contributed by atoms with Crippen LogP contribution in [0.15, 0.2) is 85.1 Å². The lowest BCUT2D eigenvalue weighted by Gasteiger charge is -2.28. The zero-order valence-electron chi connectivity index (χ0n) is 18.6. The molecule has 0 aliphatic carbocycles. The van der Waals surface area contributed by atoms with Crippen molar-refractivity contribution in [1.29, 1.82) is 0 Å². The number of para-hydroxylation sites is 2. The van der Waals surface area contributed by atoms with Crippen molar-refractivity contribution in [2.75, 3.05) is 0 Å². The van der Waals surface area contributed by atoms with E-state index in [0.717, 1.165) is 28.3 Å². The van der Waals surface area contributed by atoms with Crippen molar-refractivity contribution in [3.8, 4) is 11.4 Å². The summed E-state index contributed by atoms with van der Waals surface area (Å²) >= 11 is 5.83. The van der Waals surface area contributed by atoms with Crippen LogP contribution in [0.2, 0.25) is 0 Å². The van der Waals surface area contributed by atoms with E-state index in [0.29, 0.717) is 11.7 Å². The molecule has 2 aromatic carbocycles. The molecule has 0 unspecified atom stereocenters. The van der Waals surface area contributed by atoms with Crippen molar-refractivity contribution >= 4 is 17.3 Å². The third kappa shape index (κ3) is 3.87. The number of rotatable bonds is 5. The van der Waals surface area contributed by atoms with Crippen LogP contribution in [0.3, 0.4) is 0 Å². The van der Waals surface area contributed by atoms with Crippen LogP contribution >= 0.6 is 12.2 Å². The molecule has 2 aromatic heterocycles. The molecule has 0 spiro atoms. The summed E-state index contributed by atoms with van der Waals surface area (Å²) in [5, 5.41) is 14.8. The molecule has 2 N–H and O–H groups in total. The van der Waals surface area contributed by atoms with E-state index in [9.17, 15) is 5.11 Å². The van der Waals surface area contributed by atoms with Crippen molar-refractivity contribution in [2.24, 2.45) is 0 Å². The van der Waals surface area contributed by atoms with Crippen LogP contribution < -0.4 is 5.32 Å². The molecule has 33 heavy (non-hydrogen) atoms. The van der Waals surface area contributed by atoms with E-state index in [2.05, 4.69) is 63.9 Å². The lowest BCUT2D eigenvalue weighted by atomic mass is 9.96. The first-order chi connectivity index (χ1) is 16.0. The molecule has 0 saturated carbocycles. The van der Waals surface area contributed by atoms with Gasteiger partial charge in [0.2, 0.25) is 0 Å². The van der Waals surface area contributed by atoms with E-state index < -0.39 is 0 Å². The molecule has 0 radical (unpaired) electrons. The van der Waals surface area contributed by atoms with Gasteiger partial charge in [-0.25, -0.2) is 0 Å². The van der Waals surface area contributed by atoms with Crippen LogP contribution in [0, 0.1) is 13.8 Å². The molecule has 1 saturated heterocycles. The molecule has 1 aliphatic rings. The number of aromatic hydroxyl groups is 1. The molecule has 0 amide bonds. The zero-order chi connectivity index (χ0) is 22.9. The highest BCUT2D eigenvalue weighted by Crippen LogP contribution is 2.42. The number of aromatic nitrogens is 2. The normalized spacial score (nSPS) is 17.9. The van der Waals surface area contributed by atoms with Gasteiger partial charge in [0, 0.05) is 24.1 Å². The number of benzene rings is 2. The van der Waals surface area contributed by atoms with E-state index in [-0.39, 0.29) is 17.8 Å². The molecule has 3 heterocycles. The number of phenolic OH excluding ortho intramolecular Hbond substituents is 1. The van der Waals surface area contributed by atoms with Gasteiger partial charge in [0.1, 0.15) is 5.75 Å². The second-order valence-electron chi connectivity index (χ2n) is 8.39. The van der Waals surface area contributed by atoms with Gasteiger partial charge in [-0.1, -0.05) is 48.5 Å². The quantitative estimate of drug-likeness (QED) is 0.397. The average molecular weight is 455 g/mol. The molecule has 1 fully saturated rings. The summed E-state index contributed by atoms with van der Waals surface area (Å²) in [4.78, 5) is 6.90. The third-order valence-corrected chi connectivity index (χ3v) is 6.66. The van der Waals surface area contributed by atoms with Gasteiger partial charge >= 0.3 is 0 Å². The van der Waals surface area contributed by atoms with Gasteiger partial charge in [-0.3, -0.25) is 4.98 Å². The predicted molar refractivity (Wildman–Crippen MR) is 134 cm³/mol. The van der Waals surface area contributed by atoms with Crippen molar-refractivity contribution < 1.29 is 5.11 Å². The minimum absolute atomic E-state index is 0.0431. The van der Waals surface area contributed by atoms with Gasteiger partial charge in [0.05, 0.1) is 23.5 Å². The number of nitrogens with one attached hydrogen (secondary N) is 1. The largest absolute Gasteiger partial charge is 0.506 e. The average Bonchev–Trinajstić information content (AvgIpc) is 3.30. The van der Waals surface area contributed by atoms with E-state index in [4.69, 9.17) is 12.2 Å². The van der Waals surface area contributed by atoms with E-state index in [1.807, 2.05) is 48.7 Å².